The third-order valence-electron chi connectivity index (χ3n) is 5.06. The maximum Gasteiger partial charge on any atom is 0.335 e. The van der Waals surface area contributed by atoms with Gasteiger partial charge in [0.1, 0.15) is 12.1 Å². The van der Waals surface area contributed by atoms with Gasteiger partial charge in [0.15, 0.2) is 0 Å². The van der Waals surface area contributed by atoms with Crippen molar-refractivity contribution in [3.63, 3.8) is 0 Å². The van der Waals surface area contributed by atoms with Gasteiger partial charge in [-0.3, -0.25) is 9.59 Å². The van der Waals surface area contributed by atoms with Crippen LogP contribution in [0.2, 0.25) is 0 Å². The predicted octanol–water partition coefficient (Wildman–Crippen LogP) is -1.14. The monoisotopic (exact) mass is 618 g/mol. The summed E-state index contributed by atoms with van der Waals surface area (Å²) in [7, 11) is 0. The van der Waals surface area contributed by atoms with Crippen molar-refractivity contribution in [2.24, 2.45) is 22.9 Å². The van der Waals surface area contributed by atoms with Gasteiger partial charge in [-0.25, -0.2) is 9.59 Å². The molecular formula is C22H46N6O8S3. The molecule has 0 heterocycles. The van der Waals surface area contributed by atoms with Crippen LogP contribution in [0.1, 0.15) is 51.4 Å². The summed E-state index contributed by atoms with van der Waals surface area (Å²) in [5, 5.41) is 22.9. The molecule has 0 aromatic carbocycles. The Morgan fingerprint density at radius 3 is 1.21 bits per heavy atom. The number of aliphatic carboxylic acids is 2. The minimum Gasteiger partial charge on any atom is -0.480 e. The van der Waals surface area contributed by atoms with Crippen molar-refractivity contribution in [2.75, 3.05) is 37.1 Å². The molecule has 0 bridgehead atoms. The predicted molar refractivity (Wildman–Crippen MR) is 156 cm³/mol. The lowest BCUT2D eigenvalue weighted by molar-refractivity contribution is -0.142. The zero-order chi connectivity index (χ0) is 30.6. The second-order valence-electron chi connectivity index (χ2n) is 8.21. The summed E-state index contributed by atoms with van der Waals surface area (Å²) in [6, 6.07) is -3.03. The van der Waals surface area contributed by atoms with E-state index in [4.69, 9.17) is 41.6 Å². The van der Waals surface area contributed by atoms with Gasteiger partial charge in [0, 0.05) is 0 Å². The number of thioether (sulfide) groups is 2. The molecule has 4 atom stereocenters. The number of hydrogen-bond donors (Lipinski definition) is 8. The van der Waals surface area contributed by atoms with E-state index in [0.29, 0.717) is 50.3 Å². The molecular weight excluding hydrogens is 572 g/mol. The van der Waals surface area contributed by atoms with E-state index in [9.17, 15) is 19.2 Å². The molecule has 0 radical (unpaired) electrons. The fourth-order valence-electron chi connectivity index (χ4n) is 2.82. The van der Waals surface area contributed by atoms with Crippen LogP contribution in [0.15, 0.2) is 0 Å². The van der Waals surface area contributed by atoms with E-state index in [0.717, 1.165) is 25.7 Å². The quantitative estimate of drug-likeness (QED) is 0.0749. The number of hydrogen-bond acceptors (Lipinski definition) is 12. The number of rotatable bonds is 20. The summed E-state index contributed by atoms with van der Waals surface area (Å²) in [4.78, 5) is 45.2. The Morgan fingerprint density at radius 2 is 0.974 bits per heavy atom. The number of carboxylic acids is 2. The molecule has 0 rings (SSSR count). The first-order valence-corrected chi connectivity index (χ1v) is 15.8. The number of amides is 2. The lowest BCUT2D eigenvalue weighted by atomic mass is 10.1. The largest absolute Gasteiger partial charge is 0.480 e. The van der Waals surface area contributed by atoms with Gasteiger partial charge in [-0.1, -0.05) is 12.8 Å². The van der Waals surface area contributed by atoms with Gasteiger partial charge in [-0.05, 0) is 75.6 Å². The van der Waals surface area contributed by atoms with E-state index in [2.05, 4.69) is 10.6 Å². The van der Waals surface area contributed by atoms with Crippen molar-refractivity contribution in [1.82, 2.24) is 10.6 Å². The molecule has 12 N–H and O–H groups in total. The van der Waals surface area contributed by atoms with Crippen LogP contribution < -0.4 is 33.6 Å². The standard InChI is InChI=1S/2C11H23N3O3S.O2S/c2*1-18-7-5-9(11(16)17)14-10(15)8(13)4-2-3-6-12;1-3-2/h2*8-9H,2-7,12-13H2,1H3,(H,14,15)(H,16,17);/t2*8-,9-;/m00./s1. The van der Waals surface area contributed by atoms with Crippen LogP contribution in [0.5, 0.6) is 0 Å². The van der Waals surface area contributed by atoms with Gasteiger partial charge in [-0.2, -0.15) is 31.9 Å². The fraction of sp³-hybridized carbons (Fsp3) is 0.818. The molecule has 0 fully saturated rings. The number of carbonyl (C=O) groups is 4. The second-order valence-corrected chi connectivity index (χ2v) is 10.3. The van der Waals surface area contributed by atoms with Crippen LogP contribution >= 0.6 is 23.5 Å². The van der Waals surface area contributed by atoms with E-state index in [1.807, 2.05) is 12.5 Å². The average Bonchev–Trinajstić information content (AvgIpc) is 2.89. The number of unbranched alkanes of at least 4 members (excludes halogenated alkanes) is 2. The molecule has 0 aromatic rings. The van der Waals surface area contributed by atoms with Gasteiger partial charge in [0.05, 0.1) is 12.1 Å². The van der Waals surface area contributed by atoms with Gasteiger partial charge >= 0.3 is 23.5 Å². The highest BCUT2D eigenvalue weighted by atomic mass is 32.2. The lowest BCUT2D eigenvalue weighted by Crippen LogP contribution is -2.48. The molecule has 39 heavy (non-hydrogen) atoms. The van der Waals surface area contributed by atoms with Crippen molar-refractivity contribution < 1.29 is 37.8 Å². The highest BCUT2D eigenvalue weighted by Gasteiger charge is 2.23. The van der Waals surface area contributed by atoms with Crippen molar-refractivity contribution in [3.8, 4) is 0 Å². The van der Waals surface area contributed by atoms with Gasteiger partial charge in [-0.15, -0.1) is 0 Å². The molecule has 0 aliphatic heterocycles. The maximum atomic E-state index is 11.7. The zero-order valence-corrected chi connectivity index (χ0v) is 25.1. The van der Waals surface area contributed by atoms with E-state index in [1.165, 1.54) is 23.5 Å². The van der Waals surface area contributed by atoms with Gasteiger partial charge in [0.2, 0.25) is 11.8 Å². The summed E-state index contributed by atoms with van der Waals surface area (Å²) in [5.74, 6) is -1.49. The van der Waals surface area contributed by atoms with Crippen LogP contribution in [-0.2, 0) is 30.7 Å². The Balaban J connectivity index is -0.000000603. The molecule has 0 unspecified atom stereocenters. The molecule has 0 spiro atoms. The van der Waals surface area contributed by atoms with Crippen LogP contribution in [0.25, 0.3) is 0 Å². The van der Waals surface area contributed by atoms with Gasteiger partial charge < -0.3 is 43.8 Å². The number of nitrogens with one attached hydrogen (secondary N) is 2. The minimum atomic E-state index is -1.02. The highest BCUT2D eigenvalue weighted by molar-refractivity contribution is 7.98. The zero-order valence-electron chi connectivity index (χ0n) is 22.7. The smallest absolute Gasteiger partial charge is 0.335 e. The molecule has 14 nitrogen and oxygen atoms in total. The minimum absolute atomic E-state index is 0.401. The Bertz CT molecular complexity index is 665. The van der Waals surface area contributed by atoms with Gasteiger partial charge in [0.25, 0.3) is 0 Å². The van der Waals surface area contributed by atoms with E-state index < -0.39 is 59.5 Å². The van der Waals surface area contributed by atoms with E-state index in [-0.39, 0.29) is 0 Å². The van der Waals surface area contributed by atoms with Crippen molar-refractivity contribution >= 4 is 58.8 Å². The number of carbonyl (C=O) groups excluding carboxylic acids is 2. The summed E-state index contributed by atoms with van der Waals surface area (Å²) >= 11 is 2.33. The van der Waals surface area contributed by atoms with Crippen molar-refractivity contribution in [1.29, 1.82) is 0 Å². The first-order valence-electron chi connectivity index (χ1n) is 12.3. The van der Waals surface area contributed by atoms with E-state index in [1.54, 1.807) is 0 Å². The first kappa shape index (κ1) is 41.7. The topological polar surface area (TPSA) is 271 Å². The Hall–Kier alpha value is -1.76. The van der Waals surface area contributed by atoms with E-state index >= 15 is 0 Å². The Kier molecular flexibility index (Phi) is 31.3. The first-order chi connectivity index (χ1) is 18.5. The number of nitrogens with two attached hydrogens (primary N) is 4. The van der Waals surface area contributed by atoms with Crippen LogP contribution in [0.3, 0.4) is 0 Å². The highest BCUT2D eigenvalue weighted by Crippen LogP contribution is 2.04. The lowest BCUT2D eigenvalue weighted by Gasteiger charge is -2.17. The van der Waals surface area contributed by atoms with Crippen molar-refractivity contribution in [2.45, 2.75) is 75.5 Å². The molecule has 0 aromatic heterocycles. The number of carboxylic acid groups (broad SMARTS) is 2. The summed E-state index contributed by atoms with van der Waals surface area (Å²) < 4.78 is 16.6. The summed E-state index contributed by atoms with van der Waals surface area (Å²) in [5.41, 5.74) is 22.1. The molecule has 0 aliphatic rings. The third kappa shape index (κ3) is 26.2. The molecule has 0 saturated carbocycles. The van der Waals surface area contributed by atoms with Crippen LogP contribution in [0.4, 0.5) is 0 Å². The summed E-state index contributed by atoms with van der Waals surface area (Å²) in [6.07, 6.45) is 8.80. The summed E-state index contributed by atoms with van der Waals surface area (Å²) in [6.45, 7) is 1.14. The van der Waals surface area contributed by atoms with Crippen LogP contribution in [0, 0.1) is 0 Å². The molecule has 230 valence electrons. The normalized spacial score (nSPS) is 13.2. The SMILES string of the molecule is CSCC[C@H](NC(=O)[C@@H](N)CCCCN)C(=O)O.CSCC[C@H](NC(=O)[C@@H](N)CCCCN)C(=O)O.O=S=O. The molecule has 0 aliphatic carbocycles. The Morgan fingerprint density at radius 1 is 0.667 bits per heavy atom. The van der Waals surface area contributed by atoms with Crippen LogP contribution in [-0.4, -0.2) is 104 Å². The Labute approximate surface area is 242 Å². The molecule has 17 heteroatoms. The van der Waals surface area contributed by atoms with Crippen molar-refractivity contribution in [3.05, 3.63) is 0 Å². The second kappa shape index (κ2) is 29.2. The maximum absolute atomic E-state index is 11.7. The molecule has 2 amide bonds. The molecule has 0 saturated heterocycles. The third-order valence-corrected chi connectivity index (χ3v) is 6.35. The average molecular weight is 619 g/mol. The fourth-order valence-corrected chi connectivity index (χ4v) is 3.77.